The first-order valence-electron chi connectivity index (χ1n) is 8.24. The smallest absolute Gasteiger partial charge is 0.234 e. The molecular formula is C20H17NO3. The molecule has 2 amide bonds. The summed E-state index contributed by atoms with van der Waals surface area (Å²) in [4.78, 5) is 27.0. The van der Waals surface area contributed by atoms with E-state index in [9.17, 15) is 14.7 Å². The lowest BCUT2D eigenvalue weighted by molar-refractivity contribution is -0.138. The molecular weight excluding hydrogens is 302 g/mol. The number of hydrogen-bond donors (Lipinski definition) is 1. The van der Waals surface area contributed by atoms with Gasteiger partial charge in [-0.2, -0.15) is 0 Å². The number of aliphatic hydroxyl groups excluding tert-OH is 1. The van der Waals surface area contributed by atoms with Crippen molar-refractivity contribution in [1.29, 1.82) is 0 Å². The summed E-state index contributed by atoms with van der Waals surface area (Å²) in [5.74, 6) is -1.35. The van der Waals surface area contributed by atoms with E-state index in [4.69, 9.17) is 0 Å². The van der Waals surface area contributed by atoms with Crippen molar-refractivity contribution in [2.24, 2.45) is 11.8 Å². The number of rotatable bonds is 1. The number of carbonyl (C=O) groups excluding carboxylic acids is 2. The minimum absolute atomic E-state index is 0.114. The number of likely N-dealkylation sites (tertiary alicyclic amines) is 1. The third kappa shape index (κ3) is 1.28. The van der Waals surface area contributed by atoms with Gasteiger partial charge in [0.1, 0.15) is 0 Å². The summed E-state index contributed by atoms with van der Waals surface area (Å²) in [5, 5.41) is 10.5. The molecule has 6 rings (SSSR count). The number of hydrogen-bond acceptors (Lipinski definition) is 3. The van der Waals surface area contributed by atoms with E-state index in [1.807, 2.05) is 48.5 Å². The van der Waals surface area contributed by atoms with Crippen LogP contribution >= 0.6 is 0 Å². The second kappa shape index (κ2) is 4.33. The van der Waals surface area contributed by atoms with Gasteiger partial charge < -0.3 is 5.11 Å². The van der Waals surface area contributed by atoms with Crippen LogP contribution in [0.15, 0.2) is 48.5 Å². The molecule has 0 unspecified atom stereocenters. The zero-order valence-electron chi connectivity index (χ0n) is 13.3. The molecule has 2 bridgehead atoms. The molecule has 3 aliphatic carbocycles. The van der Waals surface area contributed by atoms with E-state index >= 15 is 0 Å². The Morgan fingerprint density at radius 1 is 0.958 bits per heavy atom. The quantitative estimate of drug-likeness (QED) is 0.813. The molecule has 1 fully saturated rings. The second-order valence-electron chi connectivity index (χ2n) is 7.02. The standard InChI is InChI=1S/C20H17NO3/c1-21-18(23)16-15-11-6-2-4-8-13(11)20(10-22,17(16)19(21)24)14-9-5-3-7-12(14)15/h2-9,15-17,22H,10H2,1H3/t15?,16-,17+,20?/m0/s1. The highest BCUT2D eigenvalue weighted by atomic mass is 16.3. The number of aliphatic hydroxyl groups is 1. The van der Waals surface area contributed by atoms with Gasteiger partial charge in [-0.1, -0.05) is 48.5 Å². The Morgan fingerprint density at radius 2 is 1.50 bits per heavy atom. The highest BCUT2D eigenvalue weighted by Gasteiger charge is 2.67. The van der Waals surface area contributed by atoms with E-state index in [2.05, 4.69) is 0 Å². The average Bonchev–Trinajstić information content (AvgIpc) is 2.87. The highest BCUT2D eigenvalue weighted by Crippen LogP contribution is 2.63. The Morgan fingerprint density at radius 3 is 2.04 bits per heavy atom. The van der Waals surface area contributed by atoms with Gasteiger partial charge in [0.2, 0.25) is 11.8 Å². The van der Waals surface area contributed by atoms with E-state index < -0.39 is 17.3 Å². The topological polar surface area (TPSA) is 57.6 Å². The van der Waals surface area contributed by atoms with Gasteiger partial charge in [-0.15, -0.1) is 0 Å². The monoisotopic (exact) mass is 319 g/mol. The molecule has 2 aromatic rings. The van der Waals surface area contributed by atoms with Gasteiger partial charge in [-0.05, 0) is 22.3 Å². The number of nitrogens with zero attached hydrogens (tertiary/aromatic N) is 1. The molecule has 0 saturated carbocycles. The highest BCUT2D eigenvalue weighted by molar-refractivity contribution is 6.08. The van der Waals surface area contributed by atoms with Crippen molar-refractivity contribution in [2.45, 2.75) is 11.3 Å². The Kier molecular flexibility index (Phi) is 2.52. The lowest BCUT2D eigenvalue weighted by atomic mass is 9.47. The summed E-state index contributed by atoms with van der Waals surface area (Å²) in [6.45, 7) is -0.179. The van der Waals surface area contributed by atoms with Crippen molar-refractivity contribution in [3.8, 4) is 0 Å². The van der Waals surface area contributed by atoms with Gasteiger partial charge in [0.15, 0.2) is 0 Å². The molecule has 1 saturated heterocycles. The van der Waals surface area contributed by atoms with Crippen molar-refractivity contribution in [2.75, 3.05) is 13.7 Å². The summed E-state index contributed by atoms with van der Waals surface area (Å²) in [7, 11) is 1.56. The minimum atomic E-state index is -0.829. The third-order valence-electron chi connectivity index (χ3n) is 6.26. The van der Waals surface area contributed by atoms with E-state index in [1.165, 1.54) is 4.90 Å². The van der Waals surface area contributed by atoms with Crippen LogP contribution in [0.2, 0.25) is 0 Å². The Balaban J connectivity index is 1.94. The molecule has 4 aliphatic rings. The molecule has 24 heavy (non-hydrogen) atoms. The zero-order valence-corrected chi connectivity index (χ0v) is 13.3. The van der Waals surface area contributed by atoms with Gasteiger partial charge in [0.05, 0.1) is 23.9 Å². The van der Waals surface area contributed by atoms with Crippen molar-refractivity contribution >= 4 is 11.8 Å². The van der Waals surface area contributed by atoms with Crippen LogP contribution in [0.1, 0.15) is 28.2 Å². The van der Waals surface area contributed by atoms with Crippen molar-refractivity contribution < 1.29 is 14.7 Å². The third-order valence-corrected chi connectivity index (χ3v) is 6.26. The number of carbonyl (C=O) groups is 2. The maximum Gasteiger partial charge on any atom is 0.234 e. The average molecular weight is 319 g/mol. The normalized spacial score (nSPS) is 32.6. The Hall–Kier alpha value is -2.46. The molecule has 2 atom stereocenters. The fourth-order valence-electron chi connectivity index (χ4n) is 5.34. The Labute approximate surface area is 139 Å². The van der Waals surface area contributed by atoms with E-state index in [0.29, 0.717) is 0 Å². The molecule has 1 N–H and O–H groups in total. The molecule has 0 radical (unpaired) electrons. The molecule has 2 aromatic carbocycles. The number of benzene rings is 2. The van der Waals surface area contributed by atoms with Gasteiger partial charge in [-0.3, -0.25) is 14.5 Å². The van der Waals surface area contributed by atoms with Crippen molar-refractivity contribution in [3.05, 3.63) is 70.8 Å². The van der Waals surface area contributed by atoms with Crippen LogP contribution in [0.25, 0.3) is 0 Å². The molecule has 1 heterocycles. The van der Waals surface area contributed by atoms with Gasteiger partial charge in [-0.25, -0.2) is 0 Å². The van der Waals surface area contributed by atoms with Gasteiger partial charge in [0.25, 0.3) is 0 Å². The largest absolute Gasteiger partial charge is 0.395 e. The summed E-state index contributed by atoms with van der Waals surface area (Å²) < 4.78 is 0. The van der Waals surface area contributed by atoms with Crippen molar-refractivity contribution in [1.82, 2.24) is 4.90 Å². The number of imide groups is 1. The predicted octanol–water partition coefficient (Wildman–Crippen LogP) is 1.65. The van der Waals surface area contributed by atoms with Crippen molar-refractivity contribution in [3.63, 3.8) is 0 Å². The first-order valence-corrected chi connectivity index (χ1v) is 8.24. The van der Waals surface area contributed by atoms with Crippen LogP contribution in [0, 0.1) is 11.8 Å². The SMILES string of the molecule is CN1C(=O)[C@H]2C3c4ccccc4C(CO)(c4ccccc43)[C@H]2C1=O. The maximum atomic E-state index is 12.9. The lowest BCUT2D eigenvalue weighted by Gasteiger charge is -2.53. The number of amides is 2. The first-order chi connectivity index (χ1) is 11.6. The van der Waals surface area contributed by atoms with E-state index in [-0.39, 0.29) is 24.3 Å². The lowest BCUT2D eigenvalue weighted by Crippen LogP contribution is -2.55. The second-order valence-corrected chi connectivity index (χ2v) is 7.02. The van der Waals surface area contributed by atoms with Gasteiger partial charge >= 0.3 is 0 Å². The van der Waals surface area contributed by atoms with E-state index in [1.54, 1.807) is 7.05 Å². The predicted molar refractivity (Wildman–Crippen MR) is 87.3 cm³/mol. The van der Waals surface area contributed by atoms with Crippen LogP contribution < -0.4 is 0 Å². The molecule has 120 valence electrons. The summed E-state index contributed by atoms with van der Waals surface area (Å²) in [6.07, 6.45) is 0. The molecule has 0 aromatic heterocycles. The molecule has 1 aliphatic heterocycles. The summed E-state index contributed by atoms with van der Waals surface area (Å²) in [6, 6.07) is 15.9. The fourth-order valence-corrected chi connectivity index (χ4v) is 5.34. The van der Waals surface area contributed by atoms with Gasteiger partial charge in [0, 0.05) is 13.0 Å². The molecule has 0 spiro atoms. The first kappa shape index (κ1) is 13.9. The minimum Gasteiger partial charge on any atom is -0.395 e. The Bertz CT molecular complexity index is 856. The van der Waals surface area contributed by atoms with Crippen LogP contribution in [-0.2, 0) is 15.0 Å². The fraction of sp³-hybridized carbons (Fsp3) is 0.300. The van der Waals surface area contributed by atoms with Crippen LogP contribution in [0.5, 0.6) is 0 Å². The maximum absolute atomic E-state index is 12.9. The van der Waals surface area contributed by atoms with Crippen LogP contribution in [-0.4, -0.2) is 35.5 Å². The molecule has 4 nitrogen and oxygen atoms in total. The molecule has 4 heteroatoms. The zero-order chi connectivity index (χ0) is 16.6. The summed E-state index contributed by atoms with van der Waals surface area (Å²) >= 11 is 0. The summed E-state index contributed by atoms with van der Waals surface area (Å²) in [5.41, 5.74) is 3.30. The van der Waals surface area contributed by atoms with E-state index in [0.717, 1.165) is 22.3 Å². The van der Waals surface area contributed by atoms with Crippen LogP contribution in [0.4, 0.5) is 0 Å². The van der Waals surface area contributed by atoms with Crippen LogP contribution in [0.3, 0.4) is 0 Å².